The Bertz CT molecular complexity index is 205. The Kier molecular flexibility index (Phi) is 3.93. The van der Waals surface area contributed by atoms with E-state index < -0.39 is 0 Å². The fourth-order valence-corrected chi connectivity index (χ4v) is 1.51. The minimum atomic E-state index is 0.102. The van der Waals surface area contributed by atoms with E-state index in [1.165, 1.54) is 12.8 Å². The van der Waals surface area contributed by atoms with Gasteiger partial charge in [0.25, 0.3) is 0 Å². The molecule has 1 amide bonds. The van der Waals surface area contributed by atoms with Crippen molar-refractivity contribution in [2.24, 2.45) is 11.0 Å². The van der Waals surface area contributed by atoms with Crippen molar-refractivity contribution in [1.29, 1.82) is 0 Å². The van der Waals surface area contributed by atoms with Gasteiger partial charge in [0.15, 0.2) is 0 Å². The van der Waals surface area contributed by atoms with Gasteiger partial charge >= 0.3 is 0 Å². The molecule has 74 valence electrons. The van der Waals surface area contributed by atoms with Crippen molar-refractivity contribution in [3.63, 3.8) is 0 Å². The van der Waals surface area contributed by atoms with Crippen LogP contribution in [0.2, 0.25) is 0 Å². The molecule has 1 N–H and O–H groups in total. The van der Waals surface area contributed by atoms with Gasteiger partial charge in [-0.15, -0.1) is 0 Å². The number of amides is 1. The van der Waals surface area contributed by atoms with Crippen LogP contribution in [0.3, 0.4) is 0 Å². The number of carbonyl (C=O) groups is 1. The Morgan fingerprint density at radius 2 is 2.08 bits per heavy atom. The third kappa shape index (κ3) is 3.17. The van der Waals surface area contributed by atoms with Gasteiger partial charge in [-0.25, -0.2) is 5.43 Å². The first kappa shape index (κ1) is 10.2. The number of carbonyl (C=O) groups excluding carboxylic acids is 1. The highest BCUT2D eigenvalue weighted by Crippen LogP contribution is 2.24. The van der Waals surface area contributed by atoms with Crippen molar-refractivity contribution in [2.75, 3.05) is 0 Å². The van der Waals surface area contributed by atoms with Crippen molar-refractivity contribution in [1.82, 2.24) is 5.43 Å². The van der Waals surface area contributed by atoms with E-state index in [1.54, 1.807) is 0 Å². The second-order valence-electron chi connectivity index (χ2n) is 3.66. The summed E-state index contributed by atoms with van der Waals surface area (Å²) in [6, 6.07) is 0. The Morgan fingerprint density at radius 1 is 1.46 bits per heavy atom. The van der Waals surface area contributed by atoms with Crippen LogP contribution in [0.25, 0.3) is 0 Å². The third-order valence-electron chi connectivity index (χ3n) is 2.59. The molecule has 0 saturated heterocycles. The molecule has 0 atom stereocenters. The Labute approximate surface area is 79.6 Å². The Morgan fingerprint density at radius 3 is 2.62 bits per heavy atom. The topological polar surface area (TPSA) is 41.5 Å². The molecule has 0 heterocycles. The standard InChI is InChI=1S/C10H18N2O/c1-3-8(2)11-12-10(13)9-6-4-5-7-9/h9H,3-7H2,1-2H3,(H,12,13)/b11-8+. The second kappa shape index (κ2) is 5.00. The van der Waals surface area contributed by atoms with E-state index >= 15 is 0 Å². The second-order valence-corrected chi connectivity index (χ2v) is 3.66. The normalized spacial score (nSPS) is 19.1. The molecule has 0 aliphatic heterocycles. The fraction of sp³-hybridized carbons (Fsp3) is 0.800. The largest absolute Gasteiger partial charge is 0.273 e. The first-order chi connectivity index (χ1) is 6.24. The summed E-state index contributed by atoms with van der Waals surface area (Å²) in [6.07, 6.45) is 5.34. The summed E-state index contributed by atoms with van der Waals surface area (Å²) in [5.41, 5.74) is 3.60. The molecule has 3 nitrogen and oxygen atoms in total. The van der Waals surface area contributed by atoms with E-state index in [2.05, 4.69) is 10.5 Å². The number of rotatable bonds is 3. The maximum Gasteiger partial charge on any atom is 0.243 e. The van der Waals surface area contributed by atoms with Crippen LogP contribution >= 0.6 is 0 Å². The zero-order valence-corrected chi connectivity index (χ0v) is 8.47. The summed E-state index contributed by atoms with van der Waals surface area (Å²) in [5, 5.41) is 4.00. The molecule has 0 bridgehead atoms. The molecular weight excluding hydrogens is 164 g/mol. The summed E-state index contributed by atoms with van der Waals surface area (Å²) >= 11 is 0. The zero-order valence-electron chi connectivity index (χ0n) is 8.47. The van der Waals surface area contributed by atoms with E-state index in [4.69, 9.17) is 0 Å². The molecule has 13 heavy (non-hydrogen) atoms. The summed E-state index contributed by atoms with van der Waals surface area (Å²) in [4.78, 5) is 11.4. The molecule has 0 spiro atoms. The van der Waals surface area contributed by atoms with Crippen LogP contribution in [-0.2, 0) is 4.79 Å². The summed E-state index contributed by atoms with van der Waals surface area (Å²) in [6.45, 7) is 3.95. The Hall–Kier alpha value is -0.860. The smallest absolute Gasteiger partial charge is 0.243 e. The van der Waals surface area contributed by atoms with Crippen LogP contribution in [0.1, 0.15) is 46.0 Å². The van der Waals surface area contributed by atoms with Gasteiger partial charge in [-0.05, 0) is 26.2 Å². The van der Waals surface area contributed by atoms with Gasteiger partial charge in [0.2, 0.25) is 5.91 Å². The molecular formula is C10H18N2O. The molecule has 0 aromatic rings. The summed E-state index contributed by atoms with van der Waals surface area (Å²) < 4.78 is 0. The molecule has 0 aromatic heterocycles. The first-order valence-corrected chi connectivity index (χ1v) is 5.07. The predicted octanol–water partition coefficient (Wildman–Crippen LogP) is 2.08. The first-order valence-electron chi connectivity index (χ1n) is 5.07. The van der Waals surface area contributed by atoms with Gasteiger partial charge in [0.05, 0.1) is 0 Å². The molecule has 1 fully saturated rings. The SMILES string of the molecule is CC/C(C)=N/NC(=O)C1CCCC1. The number of hydrogen-bond donors (Lipinski definition) is 1. The maximum absolute atomic E-state index is 11.4. The van der Waals surface area contributed by atoms with Crippen LogP contribution in [-0.4, -0.2) is 11.6 Å². The molecule has 0 aromatic carbocycles. The van der Waals surface area contributed by atoms with Crippen molar-refractivity contribution in [3.05, 3.63) is 0 Å². The average molecular weight is 182 g/mol. The number of hydrogen-bond acceptors (Lipinski definition) is 2. The van der Waals surface area contributed by atoms with E-state index in [0.717, 1.165) is 25.0 Å². The van der Waals surface area contributed by atoms with Crippen LogP contribution in [0.5, 0.6) is 0 Å². The number of nitrogens with one attached hydrogen (secondary N) is 1. The molecule has 0 radical (unpaired) electrons. The summed E-state index contributed by atoms with van der Waals surface area (Å²) in [7, 11) is 0. The lowest BCUT2D eigenvalue weighted by molar-refractivity contribution is -0.124. The van der Waals surface area contributed by atoms with Crippen LogP contribution in [0.15, 0.2) is 5.10 Å². The summed E-state index contributed by atoms with van der Waals surface area (Å²) in [5.74, 6) is 0.318. The fourth-order valence-electron chi connectivity index (χ4n) is 1.51. The monoisotopic (exact) mass is 182 g/mol. The predicted molar refractivity (Wildman–Crippen MR) is 53.5 cm³/mol. The van der Waals surface area contributed by atoms with E-state index in [-0.39, 0.29) is 11.8 Å². The highest BCUT2D eigenvalue weighted by Gasteiger charge is 2.21. The molecule has 1 saturated carbocycles. The average Bonchev–Trinajstić information content (AvgIpc) is 2.66. The quantitative estimate of drug-likeness (QED) is 0.527. The van der Waals surface area contributed by atoms with E-state index in [0.29, 0.717) is 0 Å². The van der Waals surface area contributed by atoms with Gasteiger partial charge in [0, 0.05) is 11.6 Å². The van der Waals surface area contributed by atoms with Gasteiger partial charge in [-0.2, -0.15) is 5.10 Å². The van der Waals surface area contributed by atoms with Gasteiger partial charge in [-0.3, -0.25) is 4.79 Å². The van der Waals surface area contributed by atoms with Crippen LogP contribution in [0, 0.1) is 5.92 Å². The minimum Gasteiger partial charge on any atom is -0.273 e. The highest BCUT2D eigenvalue weighted by molar-refractivity contribution is 5.84. The van der Waals surface area contributed by atoms with E-state index in [1.807, 2.05) is 13.8 Å². The highest BCUT2D eigenvalue weighted by atomic mass is 16.2. The molecule has 1 aliphatic rings. The van der Waals surface area contributed by atoms with Crippen LogP contribution in [0.4, 0.5) is 0 Å². The van der Waals surface area contributed by atoms with Crippen LogP contribution < -0.4 is 5.43 Å². The molecule has 1 rings (SSSR count). The van der Waals surface area contributed by atoms with Gasteiger partial charge in [-0.1, -0.05) is 19.8 Å². The van der Waals surface area contributed by atoms with Gasteiger partial charge in [0.1, 0.15) is 0 Å². The third-order valence-corrected chi connectivity index (χ3v) is 2.59. The molecule has 0 unspecified atom stereocenters. The van der Waals surface area contributed by atoms with Crippen molar-refractivity contribution < 1.29 is 4.79 Å². The Balaban J connectivity index is 2.32. The van der Waals surface area contributed by atoms with E-state index in [9.17, 15) is 4.79 Å². The van der Waals surface area contributed by atoms with Gasteiger partial charge < -0.3 is 0 Å². The number of nitrogens with zero attached hydrogens (tertiary/aromatic N) is 1. The molecule has 1 aliphatic carbocycles. The lowest BCUT2D eigenvalue weighted by Gasteiger charge is -2.06. The lowest BCUT2D eigenvalue weighted by atomic mass is 10.1. The van der Waals surface area contributed by atoms with Crippen molar-refractivity contribution in [3.8, 4) is 0 Å². The zero-order chi connectivity index (χ0) is 9.68. The number of hydrazone groups is 1. The van der Waals surface area contributed by atoms with Crippen molar-refractivity contribution in [2.45, 2.75) is 46.0 Å². The van der Waals surface area contributed by atoms with Crippen molar-refractivity contribution >= 4 is 11.6 Å². The molecule has 3 heteroatoms. The minimum absolute atomic E-state index is 0.102. The lowest BCUT2D eigenvalue weighted by Crippen LogP contribution is -2.25. The maximum atomic E-state index is 11.4.